The minimum Gasteiger partial charge on any atom is -0.299 e. The highest BCUT2D eigenvalue weighted by molar-refractivity contribution is 6.19. The monoisotopic (exact) mass is 238 g/mol. The summed E-state index contributed by atoms with van der Waals surface area (Å²) in [6.45, 7) is 6.54. The number of ketones is 1. The van der Waals surface area contributed by atoms with Gasteiger partial charge in [-0.1, -0.05) is 45.0 Å². The summed E-state index contributed by atoms with van der Waals surface area (Å²) in [7, 11) is 0. The van der Waals surface area contributed by atoms with Crippen molar-refractivity contribution in [1.29, 1.82) is 0 Å². The van der Waals surface area contributed by atoms with E-state index >= 15 is 0 Å². The number of carbonyl (C=O) groups excluding carboxylic acids is 1. The van der Waals surface area contributed by atoms with Crippen LogP contribution in [0.1, 0.15) is 38.3 Å². The van der Waals surface area contributed by atoms with Crippen LogP contribution < -0.4 is 0 Å². The van der Waals surface area contributed by atoms with E-state index in [0.717, 1.165) is 5.56 Å². The molecule has 0 heterocycles. The fourth-order valence-electron chi connectivity index (χ4n) is 1.54. The van der Waals surface area contributed by atoms with Crippen LogP contribution in [0.25, 0.3) is 0 Å². The minimum atomic E-state index is 0.165. The van der Waals surface area contributed by atoms with Crippen molar-refractivity contribution < 1.29 is 4.79 Å². The molecule has 16 heavy (non-hydrogen) atoms. The van der Waals surface area contributed by atoms with Gasteiger partial charge in [0.25, 0.3) is 0 Å². The lowest BCUT2D eigenvalue weighted by Crippen LogP contribution is -2.11. The van der Waals surface area contributed by atoms with Gasteiger partial charge in [0.2, 0.25) is 0 Å². The van der Waals surface area contributed by atoms with Crippen LogP contribution in [0, 0.1) is 0 Å². The molecule has 0 aliphatic carbocycles. The van der Waals surface area contributed by atoms with Crippen LogP contribution in [0.4, 0.5) is 0 Å². The molecule has 1 aromatic carbocycles. The number of carbonyl (C=O) groups is 1. The first-order valence-electron chi connectivity index (χ1n) is 5.60. The Morgan fingerprint density at radius 2 is 1.75 bits per heavy atom. The molecule has 0 fully saturated rings. The van der Waals surface area contributed by atoms with Gasteiger partial charge in [-0.25, -0.2) is 0 Å². The fraction of sp³-hybridized carbons (Fsp3) is 0.500. The second-order valence-corrected chi connectivity index (χ2v) is 5.48. The van der Waals surface area contributed by atoms with Crippen LogP contribution in [0.3, 0.4) is 0 Å². The highest BCUT2D eigenvalue weighted by Crippen LogP contribution is 2.22. The summed E-state index contributed by atoms with van der Waals surface area (Å²) >= 11 is 5.53. The number of rotatable bonds is 4. The molecule has 0 spiro atoms. The first-order chi connectivity index (χ1) is 7.43. The van der Waals surface area contributed by atoms with E-state index in [1.165, 1.54) is 5.56 Å². The smallest absolute Gasteiger partial charge is 0.138 e. The van der Waals surface area contributed by atoms with E-state index in [9.17, 15) is 4.79 Å². The maximum absolute atomic E-state index is 11.4. The van der Waals surface area contributed by atoms with Crippen LogP contribution in [-0.2, 0) is 16.6 Å². The van der Waals surface area contributed by atoms with Gasteiger partial charge >= 0.3 is 0 Å². The van der Waals surface area contributed by atoms with Crippen molar-refractivity contribution in [3.05, 3.63) is 35.4 Å². The van der Waals surface area contributed by atoms with E-state index in [-0.39, 0.29) is 11.2 Å². The molecule has 0 saturated heterocycles. The Bertz CT molecular complexity index is 346. The summed E-state index contributed by atoms with van der Waals surface area (Å²) in [5.41, 5.74) is 2.53. The van der Waals surface area contributed by atoms with Gasteiger partial charge in [0.05, 0.1) is 0 Å². The number of benzene rings is 1. The maximum atomic E-state index is 11.4. The summed E-state index contributed by atoms with van der Waals surface area (Å²) < 4.78 is 0. The number of hydrogen-bond donors (Lipinski definition) is 0. The Labute approximate surface area is 103 Å². The van der Waals surface area contributed by atoms with Crippen molar-refractivity contribution in [2.24, 2.45) is 0 Å². The predicted molar refractivity (Wildman–Crippen MR) is 69.2 cm³/mol. The highest BCUT2D eigenvalue weighted by Gasteiger charge is 2.13. The minimum absolute atomic E-state index is 0.165. The van der Waals surface area contributed by atoms with E-state index in [2.05, 4.69) is 32.9 Å². The number of halogens is 1. The topological polar surface area (TPSA) is 17.1 Å². The van der Waals surface area contributed by atoms with Crippen molar-refractivity contribution in [3.63, 3.8) is 0 Å². The van der Waals surface area contributed by atoms with Crippen LogP contribution in [0.2, 0.25) is 0 Å². The van der Waals surface area contributed by atoms with Gasteiger partial charge in [0.15, 0.2) is 0 Å². The Morgan fingerprint density at radius 1 is 1.19 bits per heavy atom. The zero-order valence-electron chi connectivity index (χ0n) is 10.2. The van der Waals surface area contributed by atoms with Gasteiger partial charge in [-0.3, -0.25) is 4.79 Å². The molecule has 0 aromatic heterocycles. The lowest BCUT2D eigenvalue weighted by molar-refractivity contribution is -0.118. The first-order valence-corrected chi connectivity index (χ1v) is 6.14. The van der Waals surface area contributed by atoms with Crippen molar-refractivity contribution in [1.82, 2.24) is 0 Å². The zero-order chi connectivity index (χ0) is 12.2. The third kappa shape index (κ3) is 3.97. The van der Waals surface area contributed by atoms with Gasteiger partial charge in [0, 0.05) is 18.7 Å². The molecule has 0 N–H and O–H groups in total. The molecule has 0 bridgehead atoms. The molecule has 0 saturated carbocycles. The van der Waals surface area contributed by atoms with E-state index < -0.39 is 0 Å². The summed E-state index contributed by atoms with van der Waals surface area (Å²) in [5.74, 6) is 0.623. The lowest BCUT2D eigenvalue weighted by atomic mass is 9.86. The molecule has 1 aromatic rings. The number of hydrogen-bond acceptors (Lipinski definition) is 1. The van der Waals surface area contributed by atoms with Crippen molar-refractivity contribution in [2.45, 2.75) is 39.0 Å². The predicted octanol–water partition coefficient (Wildman–Crippen LogP) is 3.72. The molecule has 0 radical (unpaired) electrons. The maximum Gasteiger partial charge on any atom is 0.138 e. The van der Waals surface area contributed by atoms with Gasteiger partial charge in [-0.15, -0.1) is 11.6 Å². The van der Waals surface area contributed by atoms with E-state index in [1.807, 2.05) is 12.1 Å². The summed E-state index contributed by atoms with van der Waals surface area (Å²) in [6, 6.07) is 8.27. The number of Topliss-reactive ketones (excluding diaryl/α,β-unsaturated/α-hetero) is 1. The Kier molecular flexibility index (Phi) is 4.55. The normalized spacial score (nSPS) is 11.5. The molecule has 0 aliphatic heterocycles. The average Bonchev–Trinajstić information content (AvgIpc) is 2.17. The van der Waals surface area contributed by atoms with Crippen molar-refractivity contribution in [2.75, 3.05) is 5.88 Å². The molecule has 0 unspecified atom stereocenters. The second-order valence-electron chi connectivity index (χ2n) is 5.10. The van der Waals surface area contributed by atoms with E-state index in [0.29, 0.717) is 18.7 Å². The quantitative estimate of drug-likeness (QED) is 0.731. The van der Waals surface area contributed by atoms with Gasteiger partial charge in [-0.05, 0) is 16.5 Å². The van der Waals surface area contributed by atoms with Crippen LogP contribution in [0.5, 0.6) is 0 Å². The molecular formula is C14H19ClO. The van der Waals surface area contributed by atoms with E-state index in [4.69, 9.17) is 11.6 Å². The average molecular weight is 239 g/mol. The van der Waals surface area contributed by atoms with Gasteiger partial charge < -0.3 is 0 Å². The van der Waals surface area contributed by atoms with Crippen LogP contribution in [0.15, 0.2) is 24.3 Å². The van der Waals surface area contributed by atoms with Crippen molar-refractivity contribution >= 4 is 17.4 Å². The van der Waals surface area contributed by atoms with Crippen LogP contribution >= 0.6 is 11.6 Å². The van der Waals surface area contributed by atoms with E-state index in [1.54, 1.807) is 0 Å². The van der Waals surface area contributed by atoms with Crippen LogP contribution in [-0.4, -0.2) is 11.7 Å². The molecule has 0 aliphatic rings. The molecular weight excluding hydrogens is 220 g/mol. The molecule has 1 nitrogen and oxygen atoms in total. The molecule has 2 heteroatoms. The first kappa shape index (κ1) is 13.2. The third-order valence-corrected chi connectivity index (χ3v) is 2.78. The summed E-state index contributed by atoms with van der Waals surface area (Å²) in [5, 5.41) is 0. The molecule has 0 atom stereocenters. The van der Waals surface area contributed by atoms with Gasteiger partial charge in [-0.2, -0.15) is 0 Å². The summed E-state index contributed by atoms with van der Waals surface area (Å²) in [6.07, 6.45) is 0.958. The second kappa shape index (κ2) is 5.49. The summed E-state index contributed by atoms with van der Waals surface area (Å²) in [4.78, 5) is 11.4. The Balaban J connectivity index is 2.69. The van der Waals surface area contributed by atoms with Gasteiger partial charge in [0.1, 0.15) is 5.78 Å². The Hall–Kier alpha value is -0.820. The Morgan fingerprint density at radius 3 is 2.19 bits per heavy atom. The lowest BCUT2D eigenvalue weighted by Gasteiger charge is -2.19. The SMILES string of the molecule is CC(C)(C)c1ccc(CC(=O)CCCl)cc1. The third-order valence-electron chi connectivity index (χ3n) is 2.59. The van der Waals surface area contributed by atoms with Crippen molar-refractivity contribution in [3.8, 4) is 0 Å². The highest BCUT2D eigenvalue weighted by atomic mass is 35.5. The molecule has 1 rings (SSSR count). The zero-order valence-corrected chi connectivity index (χ0v) is 11.0. The molecule has 88 valence electrons. The number of alkyl halides is 1. The largest absolute Gasteiger partial charge is 0.299 e. The fourth-order valence-corrected chi connectivity index (χ4v) is 1.75. The standard InChI is InChI=1S/C14H19ClO/c1-14(2,3)12-6-4-11(5-7-12)10-13(16)8-9-15/h4-7H,8-10H2,1-3H3. The molecule has 0 amide bonds.